The Morgan fingerprint density at radius 3 is 2.57 bits per heavy atom. The summed E-state index contributed by atoms with van der Waals surface area (Å²) in [4.78, 5) is 13.9. The highest BCUT2D eigenvalue weighted by Gasteiger charge is 2.41. The number of carbonyl (C=O) groups excluding carboxylic acids is 1. The summed E-state index contributed by atoms with van der Waals surface area (Å²) in [5, 5.41) is 9.55. The van der Waals surface area contributed by atoms with Crippen molar-refractivity contribution in [3.05, 3.63) is 53.3 Å². The van der Waals surface area contributed by atoms with E-state index < -0.39 is 17.8 Å². The van der Waals surface area contributed by atoms with E-state index in [1.807, 2.05) is 0 Å². The second-order valence-corrected chi connectivity index (χ2v) is 4.95. The molecule has 1 aliphatic heterocycles. The largest absolute Gasteiger partial charge is 0.497 e. The molecule has 0 N–H and O–H groups in total. The molecular formula is C17H13FN2O3. The first kappa shape index (κ1) is 14.9. The van der Waals surface area contributed by atoms with Crippen molar-refractivity contribution in [2.45, 2.75) is 6.04 Å². The summed E-state index contributed by atoms with van der Waals surface area (Å²) in [5.41, 5.74) is 0.751. The molecule has 6 heteroatoms. The number of para-hydroxylation sites is 1. The summed E-state index contributed by atoms with van der Waals surface area (Å²) in [5.74, 6) is -0.243. The number of hydrogen-bond donors (Lipinski definition) is 0. The molecule has 1 atom stereocenters. The minimum Gasteiger partial charge on any atom is -0.497 e. The number of hydrogen-bond acceptors (Lipinski definition) is 4. The summed E-state index contributed by atoms with van der Waals surface area (Å²) in [6.07, 6.45) is 0. The number of nitrogens with zero attached hydrogens (tertiary/aromatic N) is 2. The lowest BCUT2D eigenvalue weighted by Crippen LogP contribution is -2.27. The Morgan fingerprint density at radius 1 is 1.22 bits per heavy atom. The molecule has 0 saturated heterocycles. The van der Waals surface area contributed by atoms with Crippen molar-refractivity contribution in [1.82, 2.24) is 0 Å². The molecule has 0 radical (unpaired) electrons. The predicted molar refractivity (Wildman–Crippen MR) is 81.1 cm³/mol. The quantitative estimate of drug-likeness (QED) is 0.874. The van der Waals surface area contributed by atoms with Gasteiger partial charge in [0.25, 0.3) is 5.91 Å². The van der Waals surface area contributed by atoms with E-state index >= 15 is 0 Å². The third kappa shape index (κ3) is 2.18. The van der Waals surface area contributed by atoms with Crippen LogP contribution >= 0.6 is 0 Å². The van der Waals surface area contributed by atoms with Crippen LogP contribution in [-0.2, 0) is 0 Å². The minimum atomic E-state index is -0.963. The number of nitriles is 1. The molecule has 0 bridgehead atoms. The number of methoxy groups -OCH3 is 2. The molecule has 23 heavy (non-hydrogen) atoms. The molecule has 3 rings (SSSR count). The molecule has 1 unspecified atom stereocenters. The van der Waals surface area contributed by atoms with E-state index in [1.54, 1.807) is 12.1 Å². The first-order chi connectivity index (χ1) is 11.1. The highest BCUT2D eigenvalue weighted by molar-refractivity contribution is 6.12. The third-order valence-electron chi connectivity index (χ3n) is 3.79. The number of amides is 1. The first-order valence-electron chi connectivity index (χ1n) is 6.86. The van der Waals surface area contributed by atoms with Gasteiger partial charge in [0.1, 0.15) is 17.3 Å². The van der Waals surface area contributed by atoms with Gasteiger partial charge in [0.2, 0.25) is 0 Å². The van der Waals surface area contributed by atoms with Crippen LogP contribution in [0.5, 0.6) is 11.5 Å². The minimum absolute atomic E-state index is 0.0567. The molecule has 2 aromatic rings. The van der Waals surface area contributed by atoms with Crippen LogP contribution in [0, 0.1) is 17.1 Å². The first-order valence-corrected chi connectivity index (χ1v) is 6.86. The van der Waals surface area contributed by atoms with Crippen LogP contribution in [0.4, 0.5) is 10.1 Å². The Labute approximate surface area is 132 Å². The van der Waals surface area contributed by atoms with Gasteiger partial charge in [-0.25, -0.2) is 4.39 Å². The second-order valence-electron chi connectivity index (χ2n) is 4.95. The zero-order chi connectivity index (χ0) is 16.6. The summed E-state index contributed by atoms with van der Waals surface area (Å²) in [7, 11) is 2.91. The molecule has 116 valence electrons. The zero-order valence-corrected chi connectivity index (χ0v) is 12.5. The number of halogens is 1. The van der Waals surface area contributed by atoms with Gasteiger partial charge in [-0.2, -0.15) is 5.26 Å². The van der Waals surface area contributed by atoms with E-state index in [4.69, 9.17) is 9.47 Å². The number of rotatable bonds is 3. The third-order valence-corrected chi connectivity index (χ3v) is 3.79. The van der Waals surface area contributed by atoms with Crippen molar-refractivity contribution < 1.29 is 18.7 Å². The summed E-state index contributed by atoms with van der Waals surface area (Å²) in [6.45, 7) is 0. The van der Waals surface area contributed by atoms with Crippen molar-refractivity contribution >= 4 is 11.6 Å². The Kier molecular flexibility index (Phi) is 3.62. The fourth-order valence-corrected chi connectivity index (χ4v) is 2.74. The lowest BCUT2D eigenvalue weighted by molar-refractivity contribution is 0.0993. The monoisotopic (exact) mass is 312 g/mol. The Morgan fingerprint density at radius 2 is 1.96 bits per heavy atom. The van der Waals surface area contributed by atoms with Crippen LogP contribution in [-0.4, -0.2) is 20.1 Å². The van der Waals surface area contributed by atoms with Gasteiger partial charge in [-0.3, -0.25) is 9.69 Å². The molecule has 1 aliphatic rings. The van der Waals surface area contributed by atoms with Gasteiger partial charge in [0, 0.05) is 11.6 Å². The standard InChI is InChI=1S/C17H13FN2O3/c1-22-10-7-11-16(15(8-10)23-2)14(9-19)20(17(11)21)13-6-4-3-5-12(13)18/h3-8,14H,1-2H3. The Balaban J connectivity index is 2.22. The zero-order valence-electron chi connectivity index (χ0n) is 12.5. The highest BCUT2D eigenvalue weighted by Crippen LogP contribution is 2.44. The Bertz CT molecular complexity index is 829. The summed E-state index contributed by atoms with van der Waals surface area (Å²) >= 11 is 0. The van der Waals surface area contributed by atoms with Crippen molar-refractivity contribution in [3.63, 3.8) is 0 Å². The number of fused-ring (bicyclic) bond motifs is 1. The molecule has 0 fully saturated rings. The van der Waals surface area contributed by atoms with Gasteiger partial charge >= 0.3 is 0 Å². The number of anilines is 1. The van der Waals surface area contributed by atoms with Crippen molar-refractivity contribution in [3.8, 4) is 17.6 Å². The van der Waals surface area contributed by atoms with Gasteiger partial charge in [-0.1, -0.05) is 12.1 Å². The van der Waals surface area contributed by atoms with Crippen molar-refractivity contribution in [2.24, 2.45) is 0 Å². The predicted octanol–water partition coefficient (Wildman–Crippen LogP) is 3.07. The van der Waals surface area contributed by atoms with E-state index in [9.17, 15) is 14.4 Å². The maximum atomic E-state index is 14.1. The van der Waals surface area contributed by atoms with Crippen molar-refractivity contribution in [2.75, 3.05) is 19.1 Å². The fourth-order valence-electron chi connectivity index (χ4n) is 2.74. The molecule has 5 nitrogen and oxygen atoms in total. The SMILES string of the molecule is COc1cc(OC)c2c(c1)C(=O)N(c1ccccc1F)C2C#N. The number of benzene rings is 2. The van der Waals surface area contributed by atoms with E-state index in [1.165, 1.54) is 38.5 Å². The van der Waals surface area contributed by atoms with E-state index in [-0.39, 0.29) is 11.3 Å². The lowest BCUT2D eigenvalue weighted by Gasteiger charge is -2.21. The molecule has 2 aromatic carbocycles. The fraction of sp³-hybridized carbons (Fsp3) is 0.176. The summed E-state index contributed by atoms with van der Waals surface area (Å²) < 4.78 is 24.6. The molecule has 0 spiro atoms. The maximum Gasteiger partial charge on any atom is 0.260 e. The average molecular weight is 312 g/mol. The summed E-state index contributed by atoms with van der Waals surface area (Å²) in [6, 6.07) is 10.1. The van der Waals surface area contributed by atoms with Crippen molar-refractivity contribution in [1.29, 1.82) is 5.26 Å². The van der Waals surface area contributed by atoms with Crippen LogP contribution < -0.4 is 14.4 Å². The van der Waals surface area contributed by atoms with Gasteiger partial charge in [-0.15, -0.1) is 0 Å². The van der Waals surface area contributed by atoms with E-state index in [0.29, 0.717) is 17.1 Å². The van der Waals surface area contributed by atoms with Crippen LogP contribution in [0.2, 0.25) is 0 Å². The smallest absolute Gasteiger partial charge is 0.260 e. The van der Waals surface area contributed by atoms with Gasteiger partial charge in [-0.05, 0) is 18.2 Å². The highest BCUT2D eigenvalue weighted by atomic mass is 19.1. The average Bonchev–Trinajstić information content (AvgIpc) is 2.86. The van der Waals surface area contributed by atoms with Crippen LogP contribution in [0.25, 0.3) is 0 Å². The molecule has 0 saturated carbocycles. The number of carbonyl (C=O) groups is 1. The number of ether oxygens (including phenoxy) is 2. The van der Waals surface area contributed by atoms with Gasteiger partial charge in [0.05, 0.1) is 31.5 Å². The van der Waals surface area contributed by atoms with Gasteiger partial charge < -0.3 is 9.47 Å². The van der Waals surface area contributed by atoms with E-state index in [2.05, 4.69) is 6.07 Å². The van der Waals surface area contributed by atoms with E-state index in [0.717, 1.165) is 4.90 Å². The molecule has 0 aromatic heterocycles. The Hall–Kier alpha value is -3.07. The lowest BCUT2D eigenvalue weighted by atomic mass is 10.0. The van der Waals surface area contributed by atoms with Gasteiger partial charge in [0.15, 0.2) is 6.04 Å². The molecule has 1 amide bonds. The molecule has 0 aliphatic carbocycles. The van der Waals surface area contributed by atoms with Crippen LogP contribution in [0.15, 0.2) is 36.4 Å². The topological polar surface area (TPSA) is 62.6 Å². The molecular weight excluding hydrogens is 299 g/mol. The normalized spacial score (nSPS) is 16.0. The molecule has 1 heterocycles. The maximum absolute atomic E-state index is 14.1. The second kappa shape index (κ2) is 5.61. The van der Waals surface area contributed by atoms with Crippen LogP contribution in [0.1, 0.15) is 22.0 Å². The van der Waals surface area contributed by atoms with Crippen LogP contribution in [0.3, 0.4) is 0 Å².